The summed E-state index contributed by atoms with van der Waals surface area (Å²) >= 11 is 0. The predicted molar refractivity (Wildman–Crippen MR) is 67.4 cm³/mol. The minimum absolute atomic E-state index is 0.628. The maximum Gasteiger partial charge on any atom is 0.211 e. The van der Waals surface area contributed by atoms with Gasteiger partial charge in [-0.2, -0.15) is 0 Å². The van der Waals surface area contributed by atoms with Crippen molar-refractivity contribution in [2.45, 2.75) is 6.92 Å². The van der Waals surface area contributed by atoms with Gasteiger partial charge in [-0.1, -0.05) is 29.8 Å². The number of hydrogen-bond acceptors (Lipinski definition) is 2. The first-order valence-electron chi connectivity index (χ1n) is 5.33. The molecule has 86 valence electrons. The Bertz CT molecular complexity index is 506. The highest BCUT2D eigenvalue weighted by Gasteiger charge is 2.02. The van der Waals surface area contributed by atoms with Gasteiger partial charge in [0.25, 0.3) is 0 Å². The summed E-state index contributed by atoms with van der Waals surface area (Å²) in [6, 6.07) is 15.0. The fourth-order valence-electron chi connectivity index (χ4n) is 1.47. The average molecular weight is 227 g/mol. The lowest BCUT2D eigenvalue weighted by Gasteiger charge is -2.09. The zero-order valence-electron chi connectivity index (χ0n) is 9.51. The van der Waals surface area contributed by atoms with Crippen molar-refractivity contribution >= 4 is 12.1 Å². The molecule has 17 heavy (non-hydrogen) atoms. The smallest absolute Gasteiger partial charge is 0.211 e. The second-order valence-corrected chi connectivity index (χ2v) is 3.67. The van der Waals surface area contributed by atoms with Gasteiger partial charge in [-0.25, -0.2) is 0 Å². The van der Waals surface area contributed by atoms with Gasteiger partial charge in [0, 0.05) is 0 Å². The highest BCUT2D eigenvalue weighted by atomic mass is 16.5. The summed E-state index contributed by atoms with van der Waals surface area (Å²) in [4.78, 5) is 10.5. The summed E-state index contributed by atoms with van der Waals surface area (Å²) in [6.07, 6.45) is 0.636. The maximum atomic E-state index is 10.5. The van der Waals surface area contributed by atoms with Crippen LogP contribution in [0, 0.1) is 6.92 Å². The molecule has 2 aromatic carbocycles. The van der Waals surface area contributed by atoms with Crippen molar-refractivity contribution < 1.29 is 9.53 Å². The number of anilines is 1. The highest BCUT2D eigenvalue weighted by molar-refractivity contribution is 5.75. The van der Waals surface area contributed by atoms with E-state index < -0.39 is 0 Å². The van der Waals surface area contributed by atoms with Crippen molar-refractivity contribution in [2.24, 2.45) is 0 Å². The van der Waals surface area contributed by atoms with Crippen LogP contribution in [-0.2, 0) is 4.79 Å². The van der Waals surface area contributed by atoms with Crippen LogP contribution in [-0.4, -0.2) is 6.41 Å². The van der Waals surface area contributed by atoms with Crippen molar-refractivity contribution in [1.82, 2.24) is 0 Å². The molecule has 2 aromatic rings. The lowest BCUT2D eigenvalue weighted by molar-refractivity contribution is -0.105. The van der Waals surface area contributed by atoms with Crippen molar-refractivity contribution in [2.75, 3.05) is 5.32 Å². The van der Waals surface area contributed by atoms with Crippen molar-refractivity contribution in [3.8, 4) is 11.5 Å². The van der Waals surface area contributed by atoms with Gasteiger partial charge in [0.15, 0.2) is 5.75 Å². The van der Waals surface area contributed by atoms with E-state index in [0.29, 0.717) is 17.8 Å². The minimum Gasteiger partial charge on any atom is -0.455 e. The normalized spacial score (nSPS) is 9.71. The second-order valence-electron chi connectivity index (χ2n) is 3.67. The molecule has 1 N–H and O–H groups in total. The van der Waals surface area contributed by atoms with E-state index in [2.05, 4.69) is 5.32 Å². The first-order valence-corrected chi connectivity index (χ1v) is 5.33. The fraction of sp³-hybridized carbons (Fsp3) is 0.0714. The molecule has 0 atom stereocenters. The summed E-state index contributed by atoms with van der Waals surface area (Å²) in [5.41, 5.74) is 1.83. The number of ether oxygens (including phenoxy) is 1. The van der Waals surface area contributed by atoms with Gasteiger partial charge < -0.3 is 10.1 Å². The molecule has 0 aromatic heterocycles. The molecule has 0 spiro atoms. The van der Waals surface area contributed by atoms with Crippen LogP contribution in [0.2, 0.25) is 0 Å². The van der Waals surface area contributed by atoms with E-state index in [1.807, 2.05) is 49.4 Å². The maximum absolute atomic E-state index is 10.5. The molecule has 1 amide bonds. The predicted octanol–water partition coefficient (Wildman–Crippen LogP) is 3.36. The largest absolute Gasteiger partial charge is 0.455 e. The van der Waals surface area contributed by atoms with Crippen molar-refractivity contribution in [1.29, 1.82) is 0 Å². The van der Waals surface area contributed by atoms with Crippen LogP contribution in [0.25, 0.3) is 0 Å². The lowest BCUT2D eigenvalue weighted by atomic mass is 10.2. The highest BCUT2D eigenvalue weighted by Crippen LogP contribution is 2.28. The van der Waals surface area contributed by atoms with E-state index in [-0.39, 0.29) is 0 Å². The van der Waals surface area contributed by atoms with Gasteiger partial charge in [0.05, 0.1) is 5.69 Å². The van der Waals surface area contributed by atoms with E-state index >= 15 is 0 Å². The Hall–Kier alpha value is -2.29. The molecular formula is C14H13NO2. The van der Waals surface area contributed by atoms with Gasteiger partial charge in [0.2, 0.25) is 6.41 Å². The van der Waals surface area contributed by atoms with Gasteiger partial charge >= 0.3 is 0 Å². The van der Waals surface area contributed by atoms with E-state index in [1.54, 1.807) is 6.07 Å². The van der Waals surface area contributed by atoms with E-state index in [0.717, 1.165) is 5.75 Å². The van der Waals surface area contributed by atoms with Crippen LogP contribution in [0.5, 0.6) is 11.5 Å². The number of rotatable bonds is 4. The van der Waals surface area contributed by atoms with Gasteiger partial charge in [-0.15, -0.1) is 0 Å². The number of nitrogens with one attached hydrogen (secondary N) is 1. The first kappa shape index (κ1) is 11.2. The Balaban J connectivity index is 2.23. The number of benzene rings is 2. The van der Waals surface area contributed by atoms with Crippen LogP contribution >= 0.6 is 0 Å². The van der Waals surface area contributed by atoms with Crippen molar-refractivity contribution in [3.05, 3.63) is 54.1 Å². The average Bonchev–Trinajstić information content (AvgIpc) is 2.35. The molecular weight excluding hydrogens is 214 g/mol. The molecule has 0 heterocycles. The number of carbonyl (C=O) groups excluding carboxylic acids is 1. The third-order valence-corrected chi connectivity index (χ3v) is 2.35. The SMILES string of the molecule is Cc1ccc(Oc2ccccc2NC=O)cc1. The van der Waals surface area contributed by atoms with E-state index in [9.17, 15) is 4.79 Å². The Morgan fingerprint density at radius 1 is 1.06 bits per heavy atom. The molecule has 0 aliphatic heterocycles. The summed E-state index contributed by atoms with van der Waals surface area (Å²) in [5, 5.41) is 2.60. The van der Waals surface area contributed by atoms with Gasteiger partial charge in [-0.3, -0.25) is 4.79 Å². The fourth-order valence-corrected chi connectivity index (χ4v) is 1.47. The molecule has 0 aliphatic carbocycles. The lowest BCUT2D eigenvalue weighted by Crippen LogP contribution is -1.96. The van der Waals surface area contributed by atoms with Crippen LogP contribution in [0.1, 0.15) is 5.56 Å². The molecule has 0 radical (unpaired) electrons. The first-order chi connectivity index (χ1) is 8.29. The van der Waals surface area contributed by atoms with Crippen molar-refractivity contribution in [3.63, 3.8) is 0 Å². The quantitative estimate of drug-likeness (QED) is 0.813. The third-order valence-electron chi connectivity index (χ3n) is 2.35. The third kappa shape index (κ3) is 2.84. The summed E-state index contributed by atoms with van der Waals surface area (Å²) < 4.78 is 5.70. The molecule has 0 unspecified atom stereocenters. The van der Waals surface area contributed by atoms with E-state index in [4.69, 9.17) is 4.74 Å². The molecule has 3 nitrogen and oxygen atoms in total. The molecule has 3 heteroatoms. The summed E-state index contributed by atoms with van der Waals surface area (Å²) in [7, 11) is 0. The standard InChI is InChI=1S/C14H13NO2/c1-11-6-8-12(9-7-11)17-14-5-3-2-4-13(14)15-10-16/h2-10H,1H3,(H,15,16). The van der Waals surface area contributed by atoms with Gasteiger partial charge in [0.1, 0.15) is 5.75 Å². The number of amides is 1. The van der Waals surface area contributed by atoms with Gasteiger partial charge in [-0.05, 0) is 31.2 Å². The molecule has 0 saturated carbocycles. The minimum atomic E-state index is 0.628. The van der Waals surface area contributed by atoms with Crippen LogP contribution in [0.3, 0.4) is 0 Å². The molecule has 2 rings (SSSR count). The zero-order chi connectivity index (χ0) is 12.1. The van der Waals surface area contributed by atoms with E-state index in [1.165, 1.54) is 5.56 Å². The number of carbonyl (C=O) groups is 1. The van der Waals surface area contributed by atoms with Crippen LogP contribution in [0.4, 0.5) is 5.69 Å². The molecule has 0 saturated heterocycles. The Labute approximate surface area is 100 Å². The Morgan fingerprint density at radius 2 is 1.76 bits per heavy atom. The Kier molecular flexibility index (Phi) is 3.40. The number of aryl methyl sites for hydroxylation is 1. The summed E-state index contributed by atoms with van der Waals surface area (Å²) in [5.74, 6) is 1.37. The summed E-state index contributed by atoms with van der Waals surface area (Å²) in [6.45, 7) is 2.02. The van der Waals surface area contributed by atoms with Crippen LogP contribution < -0.4 is 10.1 Å². The monoisotopic (exact) mass is 227 g/mol. The zero-order valence-corrected chi connectivity index (χ0v) is 9.51. The second kappa shape index (κ2) is 5.16. The van der Waals surface area contributed by atoms with Crippen LogP contribution in [0.15, 0.2) is 48.5 Å². The number of hydrogen-bond donors (Lipinski definition) is 1. The topological polar surface area (TPSA) is 38.3 Å². The molecule has 0 bridgehead atoms. The molecule has 0 aliphatic rings. The molecule has 0 fully saturated rings. The number of para-hydroxylation sites is 2. The Morgan fingerprint density at radius 3 is 2.47 bits per heavy atom.